The summed E-state index contributed by atoms with van der Waals surface area (Å²) in [6.45, 7) is 0. The molecule has 1 amide bonds. The van der Waals surface area contributed by atoms with Gasteiger partial charge in [-0.05, 0) is 42.5 Å². The van der Waals surface area contributed by atoms with Crippen molar-refractivity contribution in [2.45, 2.75) is 0 Å². The molecule has 1 aromatic heterocycles. The van der Waals surface area contributed by atoms with Gasteiger partial charge in [0.15, 0.2) is 0 Å². The van der Waals surface area contributed by atoms with E-state index in [-0.39, 0.29) is 5.91 Å². The molecule has 0 aliphatic rings. The van der Waals surface area contributed by atoms with Gasteiger partial charge in [-0.25, -0.2) is 9.97 Å². The van der Waals surface area contributed by atoms with Crippen molar-refractivity contribution in [3.05, 3.63) is 71.2 Å². The summed E-state index contributed by atoms with van der Waals surface area (Å²) in [7, 11) is 1.55. The van der Waals surface area contributed by atoms with Gasteiger partial charge in [0.25, 0.3) is 5.91 Å². The van der Waals surface area contributed by atoms with E-state index >= 15 is 0 Å². The van der Waals surface area contributed by atoms with Crippen LogP contribution in [-0.4, -0.2) is 23.0 Å². The van der Waals surface area contributed by atoms with E-state index < -0.39 is 0 Å². The van der Waals surface area contributed by atoms with Crippen LogP contribution in [0, 0.1) is 0 Å². The molecule has 4 rings (SSSR count). The van der Waals surface area contributed by atoms with Crippen molar-refractivity contribution < 1.29 is 9.53 Å². The molecule has 0 saturated heterocycles. The summed E-state index contributed by atoms with van der Waals surface area (Å²) in [5.41, 5.74) is 3.70. The van der Waals surface area contributed by atoms with Crippen molar-refractivity contribution >= 4 is 45.3 Å². The molecule has 4 aromatic rings. The van der Waals surface area contributed by atoms with Crippen molar-refractivity contribution in [2.75, 3.05) is 12.4 Å². The lowest BCUT2D eigenvalue weighted by Crippen LogP contribution is -2.13. The fraction of sp³-hybridized carbons (Fsp3) is 0.0500. The Kier molecular flexibility index (Phi) is 4.14. The van der Waals surface area contributed by atoms with Gasteiger partial charge >= 0.3 is 0 Å². The first-order chi connectivity index (χ1) is 12.7. The number of anilines is 1. The third-order valence-corrected chi connectivity index (χ3v) is 4.25. The van der Waals surface area contributed by atoms with Crippen molar-refractivity contribution in [3.63, 3.8) is 0 Å². The number of aromatic nitrogens is 2. The number of carbonyl (C=O) groups is 1. The summed E-state index contributed by atoms with van der Waals surface area (Å²) in [5.74, 6) is 0.214. The predicted octanol–water partition coefficient (Wildman–Crippen LogP) is 4.70. The van der Waals surface area contributed by atoms with E-state index in [2.05, 4.69) is 15.3 Å². The molecule has 0 aliphatic carbocycles. The number of carbonyl (C=O) groups excluding carboxylic acids is 1. The molecule has 0 radical (unpaired) electrons. The van der Waals surface area contributed by atoms with Gasteiger partial charge in [-0.1, -0.05) is 29.8 Å². The molecule has 6 heteroatoms. The number of hydrogen-bond acceptors (Lipinski definition) is 4. The number of nitrogens with one attached hydrogen (secondary N) is 1. The first-order valence-corrected chi connectivity index (χ1v) is 8.34. The SMILES string of the molecule is COc1ccc2nc3ccccc3nc2c1NC(=O)c1cccc(Cl)c1. The number of ether oxygens (including phenoxy) is 1. The Morgan fingerprint density at radius 3 is 2.46 bits per heavy atom. The summed E-state index contributed by atoms with van der Waals surface area (Å²) in [5, 5.41) is 3.38. The summed E-state index contributed by atoms with van der Waals surface area (Å²) >= 11 is 5.98. The van der Waals surface area contributed by atoms with Gasteiger partial charge in [-0.2, -0.15) is 0 Å². The van der Waals surface area contributed by atoms with E-state index in [0.717, 1.165) is 11.0 Å². The highest BCUT2D eigenvalue weighted by molar-refractivity contribution is 6.31. The molecule has 1 heterocycles. The number of fused-ring (bicyclic) bond motifs is 2. The van der Waals surface area contributed by atoms with Gasteiger partial charge in [-0.15, -0.1) is 0 Å². The van der Waals surface area contributed by atoms with E-state index in [9.17, 15) is 4.79 Å². The van der Waals surface area contributed by atoms with Crippen LogP contribution in [0.2, 0.25) is 5.02 Å². The second kappa shape index (κ2) is 6.61. The second-order valence-corrected chi connectivity index (χ2v) is 6.12. The number of halogens is 1. The van der Waals surface area contributed by atoms with Crippen LogP contribution in [0.5, 0.6) is 5.75 Å². The van der Waals surface area contributed by atoms with E-state index in [4.69, 9.17) is 16.3 Å². The molecule has 0 bridgehead atoms. The Bertz CT molecular complexity index is 1140. The monoisotopic (exact) mass is 363 g/mol. The standard InChI is InChI=1S/C20H14ClN3O2/c1-26-17-10-9-16-18(23-15-8-3-2-7-14(15)22-16)19(17)24-20(25)12-5-4-6-13(21)11-12/h2-11H,1H3,(H,24,25). The minimum Gasteiger partial charge on any atom is -0.494 e. The van der Waals surface area contributed by atoms with Crippen molar-refractivity contribution in [1.29, 1.82) is 0 Å². The minimum absolute atomic E-state index is 0.298. The molecule has 3 aromatic carbocycles. The molecule has 0 unspecified atom stereocenters. The van der Waals surface area contributed by atoms with Crippen LogP contribution >= 0.6 is 11.6 Å². The average molecular weight is 364 g/mol. The minimum atomic E-state index is -0.298. The van der Waals surface area contributed by atoms with Crippen LogP contribution in [0.1, 0.15) is 10.4 Å². The number of benzene rings is 3. The van der Waals surface area contributed by atoms with E-state index in [0.29, 0.717) is 33.1 Å². The van der Waals surface area contributed by atoms with Crippen molar-refractivity contribution in [1.82, 2.24) is 9.97 Å². The Balaban J connectivity index is 1.86. The van der Waals surface area contributed by atoms with E-state index in [1.165, 1.54) is 0 Å². The largest absolute Gasteiger partial charge is 0.494 e. The van der Waals surface area contributed by atoms with Gasteiger partial charge in [0.05, 0.1) is 23.7 Å². The summed E-state index contributed by atoms with van der Waals surface area (Å²) in [6, 6.07) is 17.9. The van der Waals surface area contributed by atoms with Gasteiger partial charge in [-0.3, -0.25) is 4.79 Å². The summed E-state index contributed by atoms with van der Waals surface area (Å²) in [4.78, 5) is 22.0. The first kappa shape index (κ1) is 16.3. The van der Waals surface area contributed by atoms with Crippen LogP contribution in [0.25, 0.3) is 22.1 Å². The molecule has 0 spiro atoms. The number of para-hydroxylation sites is 2. The van der Waals surface area contributed by atoms with Gasteiger partial charge < -0.3 is 10.1 Å². The number of hydrogen-bond donors (Lipinski definition) is 1. The Morgan fingerprint density at radius 1 is 0.962 bits per heavy atom. The first-order valence-electron chi connectivity index (χ1n) is 7.96. The maximum atomic E-state index is 12.7. The molecular formula is C20H14ClN3O2. The normalized spacial score (nSPS) is 10.8. The quantitative estimate of drug-likeness (QED) is 0.536. The number of amides is 1. The highest BCUT2D eigenvalue weighted by Gasteiger charge is 2.16. The van der Waals surface area contributed by atoms with Crippen LogP contribution in [0.3, 0.4) is 0 Å². The van der Waals surface area contributed by atoms with Crippen LogP contribution in [-0.2, 0) is 0 Å². The molecule has 0 atom stereocenters. The van der Waals surface area contributed by atoms with Crippen molar-refractivity contribution in [2.24, 2.45) is 0 Å². The summed E-state index contributed by atoms with van der Waals surface area (Å²) < 4.78 is 5.42. The second-order valence-electron chi connectivity index (χ2n) is 5.69. The Hall–Kier alpha value is -3.18. The lowest BCUT2D eigenvalue weighted by atomic mass is 10.1. The lowest BCUT2D eigenvalue weighted by molar-refractivity contribution is 0.102. The highest BCUT2D eigenvalue weighted by Crippen LogP contribution is 2.32. The maximum Gasteiger partial charge on any atom is 0.255 e. The third kappa shape index (κ3) is 2.93. The van der Waals surface area contributed by atoms with Gasteiger partial charge in [0.1, 0.15) is 17.0 Å². The maximum absolute atomic E-state index is 12.7. The smallest absolute Gasteiger partial charge is 0.255 e. The predicted molar refractivity (Wildman–Crippen MR) is 103 cm³/mol. The Morgan fingerprint density at radius 2 is 1.73 bits per heavy atom. The fourth-order valence-electron chi connectivity index (χ4n) is 2.77. The molecule has 1 N–H and O–H groups in total. The highest BCUT2D eigenvalue weighted by atomic mass is 35.5. The van der Waals surface area contributed by atoms with Gasteiger partial charge in [0.2, 0.25) is 0 Å². The van der Waals surface area contributed by atoms with Crippen LogP contribution in [0.15, 0.2) is 60.7 Å². The third-order valence-electron chi connectivity index (χ3n) is 4.02. The van der Waals surface area contributed by atoms with E-state index in [1.54, 1.807) is 37.4 Å². The zero-order valence-electron chi connectivity index (χ0n) is 13.9. The molecule has 0 saturated carbocycles. The topological polar surface area (TPSA) is 64.1 Å². The molecule has 0 fully saturated rings. The zero-order chi connectivity index (χ0) is 18.1. The summed E-state index contributed by atoms with van der Waals surface area (Å²) in [6.07, 6.45) is 0. The lowest BCUT2D eigenvalue weighted by Gasteiger charge is -2.13. The van der Waals surface area contributed by atoms with Crippen LogP contribution < -0.4 is 10.1 Å². The number of nitrogens with zero attached hydrogens (tertiary/aromatic N) is 2. The van der Waals surface area contributed by atoms with Crippen LogP contribution in [0.4, 0.5) is 5.69 Å². The molecule has 128 valence electrons. The molecule has 26 heavy (non-hydrogen) atoms. The van der Waals surface area contributed by atoms with E-state index in [1.807, 2.05) is 30.3 Å². The Labute approximate surface area is 154 Å². The zero-order valence-corrected chi connectivity index (χ0v) is 14.6. The number of methoxy groups -OCH3 is 1. The van der Waals surface area contributed by atoms with Crippen molar-refractivity contribution in [3.8, 4) is 5.75 Å². The molecule has 5 nitrogen and oxygen atoms in total. The number of rotatable bonds is 3. The van der Waals surface area contributed by atoms with Gasteiger partial charge in [0, 0.05) is 10.6 Å². The molecule has 0 aliphatic heterocycles. The average Bonchev–Trinajstić information content (AvgIpc) is 2.66. The molecular weight excluding hydrogens is 350 g/mol. The fourth-order valence-corrected chi connectivity index (χ4v) is 2.97.